The molecular formula is C11H19N3O. The van der Waals surface area contributed by atoms with Crippen LogP contribution in [0.25, 0.3) is 0 Å². The van der Waals surface area contributed by atoms with Crippen LogP contribution in [0.5, 0.6) is 0 Å². The van der Waals surface area contributed by atoms with Crippen LogP contribution in [0.15, 0.2) is 6.07 Å². The Labute approximate surface area is 90.4 Å². The highest BCUT2D eigenvalue weighted by molar-refractivity contribution is 5.31. The van der Waals surface area contributed by atoms with Crippen molar-refractivity contribution in [2.75, 3.05) is 12.3 Å². The van der Waals surface area contributed by atoms with E-state index < -0.39 is 0 Å². The largest absolute Gasteiger partial charge is 0.382 e. The molecule has 15 heavy (non-hydrogen) atoms. The number of ether oxygens (including phenoxy) is 1. The summed E-state index contributed by atoms with van der Waals surface area (Å²) in [5.41, 5.74) is 6.82. The molecule has 1 atom stereocenters. The van der Waals surface area contributed by atoms with Crippen molar-refractivity contribution < 1.29 is 4.74 Å². The second-order valence-corrected chi connectivity index (χ2v) is 5.08. The van der Waals surface area contributed by atoms with Crippen molar-refractivity contribution in [1.29, 1.82) is 0 Å². The second kappa shape index (κ2) is 3.52. The average Bonchev–Trinajstić information content (AvgIpc) is 2.68. The van der Waals surface area contributed by atoms with Gasteiger partial charge in [-0.05, 0) is 33.6 Å². The van der Waals surface area contributed by atoms with Gasteiger partial charge in [-0.2, -0.15) is 5.10 Å². The summed E-state index contributed by atoms with van der Waals surface area (Å²) in [6, 6.07) is 1.93. The fourth-order valence-electron chi connectivity index (χ4n) is 1.99. The van der Waals surface area contributed by atoms with Crippen LogP contribution in [0.3, 0.4) is 0 Å². The lowest BCUT2D eigenvalue weighted by molar-refractivity contribution is 0.0994. The van der Waals surface area contributed by atoms with Crippen molar-refractivity contribution in [3.63, 3.8) is 0 Å². The normalized spacial score (nSPS) is 22.2. The van der Waals surface area contributed by atoms with Gasteiger partial charge < -0.3 is 10.5 Å². The molecule has 84 valence electrons. The fourth-order valence-corrected chi connectivity index (χ4v) is 1.99. The molecule has 0 aromatic carbocycles. The van der Waals surface area contributed by atoms with Crippen LogP contribution in [-0.2, 0) is 10.3 Å². The van der Waals surface area contributed by atoms with Crippen molar-refractivity contribution >= 4 is 5.82 Å². The van der Waals surface area contributed by atoms with E-state index in [0.29, 0.717) is 5.82 Å². The van der Waals surface area contributed by atoms with Gasteiger partial charge in [-0.15, -0.1) is 0 Å². The first-order valence-electron chi connectivity index (χ1n) is 5.46. The predicted molar refractivity (Wildman–Crippen MR) is 59.6 cm³/mol. The van der Waals surface area contributed by atoms with Crippen LogP contribution in [0.2, 0.25) is 0 Å². The number of anilines is 1. The Balaban J connectivity index is 2.37. The fraction of sp³-hybridized carbons (Fsp3) is 0.727. The first-order chi connectivity index (χ1) is 6.98. The molecule has 0 amide bonds. The number of hydrogen-bond donors (Lipinski definition) is 1. The van der Waals surface area contributed by atoms with E-state index in [9.17, 15) is 0 Å². The van der Waals surface area contributed by atoms with E-state index in [-0.39, 0.29) is 11.6 Å². The predicted octanol–water partition coefficient (Wildman–Crippen LogP) is 2.07. The van der Waals surface area contributed by atoms with Crippen molar-refractivity contribution in [2.24, 2.45) is 0 Å². The van der Waals surface area contributed by atoms with Gasteiger partial charge in [-0.25, -0.2) is 0 Å². The van der Waals surface area contributed by atoms with Gasteiger partial charge in [0.05, 0.1) is 17.3 Å². The molecule has 1 fully saturated rings. The zero-order valence-corrected chi connectivity index (χ0v) is 9.66. The van der Waals surface area contributed by atoms with Gasteiger partial charge in [0, 0.05) is 12.7 Å². The SMILES string of the molecule is CC(C)(C)n1nc(N)cc1[C@H]1CCCO1. The van der Waals surface area contributed by atoms with E-state index in [0.717, 1.165) is 25.1 Å². The molecule has 1 aliphatic rings. The van der Waals surface area contributed by atoms with Crippen LogP contribution in [0.4, 0.5) is 5.82 Å². The lowest BCUT2D eigenvalue weighted by Crippen LogP contribution is -2.26. The Hall–Kier alpha value is -1.03. The summed E-state index contributed by atoms with van der Waals surface area (Å²) in [4.78, 5) is 0. The number of hydrogen-bond acceptors (Lipinski definition) is 3. The summed E-state index contributed by atoms with van der Waals surface area (Å²) in [6.07, 6.45) is 2.37. The Bertz CT molecular complexity index is 345. The van der Waals surface area contributed by atoms with Crippen LogP contribution >= 0.6 is 0 Å². The molecule has 0 radical (unpaired) electrons. The number of rotatable bonds is 1. The first-order valence-corrected chi connectivity index (χ1v) is 5.46. The van der Waals surface area contributed by atoms with Gasteiger partial charge in [0.2, 0.25) is 0 Å². The average molecular weight is 209 g/mol. The van der Waals surface area contributed by atoms with Gasteiger partial charge in [0.25, 0.3) is 0 Å². The third-order valence-electron chi connectivity index (χ3n) is 2.65. The zero-order chi connectivity index (χ0) is 11.1. The summed E-state index contributed by atoms with van der Waals surface area (Å²) >= 11 is 0. The topological polar surface area (TPSA) is 53.1 Å². The summed E-state index contributed by atoms with van der Waals surface area (Å²) in [5.74, 6) is 0.579. The van der Waals surface area contributed by atoms with Gasteiger partial charge in [-0.3, -0.25) is 4.68 Å². The number of nitrogens with zero attached hydrogens (tertiary/aromatic N) is 2. The molecule has 1 aromatic heterocycles. The Kier molecular flexibility index (Phi) is 2.46. The third-order valence-corrected chi connectivity index (χ3v) is 2.65. The maximum absolute atomic E-state index is 5.76. The third kappa shape index (κ3) is 2.00. The summed E-state index contributed by atoms with van der Waals surface area (Å²) < 4.78 is 7.66. The van der Waals surface area contributed by atoms with E-state index in [1.165, 1.54) is 0 Å². The van der Waals surface area contributed by atoms with E-state index >= 15 is 0 Å². The Morgan fingerprint density at radius 2 is 2.27 bits per heavy atom. The molecule has 1 saturated heterocycles. The molecular weight excluding hydrogens is 190 g/mol. The molecule has 2 rings (SSSR count). The number of aromatic nitrogens is 2. The minimum Gasteiger partial charge on any atom is -0.382 e. The van der Waals surface area contributed by atoms with Crippen molar-refractivity contribution in [3.8, 4) is 0 Å². The minimum absolute atomic E-state index is 0.0428. The first kappa shape index (κ1) is 10.5. The molecule has 1 aromatic rings. The number of nitrogen functional groups attached to an aromatic ring is 1. The molecule has 2 N–H and O–H groups in total. The van der Waals surface area contributed by atoms with Gasteiger partial charge in [0.15, 0.2) is 0 Å². The molecule has 4 nitrogen and oxygen atoms in total. The smallest absolute Gasteiger partial charge is 0.145 e. The van der Waals surface area contributed by atoms with Gasteiger partial charge in [0.1, 0.15) is 5.82 Å². The molecule has 0 spiro atoms. The summed E-state index contributed by atoms with van der Waals surface area (Å²) in [7, 11) is 0. The number of nitrogens with two attached hydrogens (primary N) is 1. The quantitative estimate of drug-likeness (QED) is 0.770. The molecule has 0 saturated carbocycles. The highest BCUT2D eigenvalue weighted by atomic mass is 16.5. The maximum Gasteiger partial charge on any atom is 0.145 e. The van der Waals surface area contributed by atoms with E-state index in [2.05, 4.69) is 25.9 Å². The van der Waals surface area contributed by atoms with Crippen LogP contribution in [-0.4, -0.2) is 16.4 Å². The maximum atomic E-state index is 5.76. The van der Waals surface area contributed by atoms with Crippen LogP contribution in [0, 0.1) is 0 Å². The highest BCUT2D eigenvalue weighted by Crippen LogP contribution is 2.32. The minimum atomic E-state index is -0.0428. The molecule has 0 unspecified atom stereocenters. The van der Waals surface area contributed by atoms with Crippen molar-refractivity contribution in [1.82, 2.24) is 9.78 Å². The molecule has 2 heterocycles. The molecule has 0 aliphatic carbocycles. The van der Waals surface area contributed by atoms with E-state index in [1.807, 2.05) is 10.7 Å². The molecule has 1 aliphatic heterocycles. The zero-order valence-electron chi connectivity index (χ0n) is 9.66. The lowest BCUT2D eigenvalue weighted by Gasteiger charge is -2.24. The summed E-state index contributed by atoms with van der Waals surface area (Å²) in [5, 5.41) is 4.34. The van der Waals surface area contributed by atoms with E-state index in [4.69, 9.17) is 10.5 Å². The summed E-state index contributed by atoms with van der Waals surface area (Å²) in [6.45, 7) is 7.22. The Morgan fingerprint density at radius 3 is 2.80 bits per heavy atom. The monoisotopic (exact) mass is 209 g/mol. The second-order valence-electron chi connectivity index (χ2n) is 5.08. The molecule has 4 heteroatoms. The van der Waals surface area contributed by atoms with Crippen molar-refractivity contribution in [2.45, 2.75) is 45.3 Å². The van der Waals surface area contributed by atoms with Gasteiger partial charge in [-0.1, -0.05) is 0 Å². The highest BCUT2D eigenvalue weighted by Gasteiger charge is 2.27. The lowest BCUT2D eigenvalue weighted by atomic mass is 10.1. The van der Waals surface area contributed by atoms with Crippen LogP contribution in [0.1, 0.15) is 45.4 Å². The van der Waals surface area contributed by atoms with E-state index in [1.54, 1.807) is 0 Å². The van der Waals surface area contributed by atoms with Crippen LogP contribution < -0.4 is 5.73 Å². The van der Waals surface area contributed by atoms with Gasteiger partial charge >= 0.3 is 0 Å². The van der Waals surface area contributed by atoms with Crippen molar-refractivity contribution in [3.05, 3.63) is 11.8 Å². The molecule has 0 bridgehead atoms. The Morgan fingerprint density at radius 1 is 1.53 bits per heavy atom. The standard InChI is InChI=1S/C11H19N3O/c1-11(2,3)14-8(7-10(12)13-14)9-5-4-6-15-9/h7,9H,4-6H2,1-3H3,(H2,12,13)/t9-/m1/s1.